The van der Waals surface area contributed by atoms with Crippen LogP contribution in [0.4, 0.5) is 0 Å². The Labute approximate surface area is 184 Å². The molecule has 1 aromatic carbocycles. The number of hydrogen-bond acceptors (Lipinski definition) is 4. The van der Waals surface area contributed by atoms with Crippen molar-refractivity contribution in [1.82, 2.24) is 15.4 Å². The summed E-state index contributed by atoms with van der Waals surface area (Å²) in [6.07, 6.45) is 11.8. The second kappa shape index (κ2) is 10.1. The fourth-order valence-electron chi connectivity index (χ4n) is 5.01. The molecule has 2 amide bonds. The molecule has 0 aliphatic heterocycles. The molecule has 4 rings (SSSR count). The van der Waals surface area contributed by atoms with Crippen molar-refractivity contribution in [2.45, 2.75) is 89.8 Å². The highest BCUT2D eigenvalue weighted by molar-refractivity contribution is 5.93. The van der Waals surface area contributed by atoms with Crippen LogP contribution >= 0.6 is 0 Å². The van der Waals surface area contributed by atoms with Crippen molar-refractivity contribution < 1.29 is 14.1 Å². The minimum Gasteiger partial charge on any atom is -0.355 e. The van der Waals surface area contributed by atoms with Gasteiger partial charge in [-0.2, -0.15) is 0 Å². The van der Waals surface area contributed by atoms with Crippen molar-refractivity contribution in [3.8, 4) is 11.3 Å². The molecule has 0 radical (unpaired) electrons. The van der Waals surface area contributed by atoms with E-state index in [4.69, 9.17) is 4.52 Å². The smallest absolute Gasteiger partial charge is 0.276 e. The average Bonchev–Trinajstić information content (AvgIpc) is 3.30. The first-order valence-corrected chi connectivity index (χ1v) is 11.7. The van der Waals surface area contributed by atoms with Crippen LogP contribution in [0.1, 0.15) is 87.2 Å². The van der Waals surface area contributed by atoms with Gasteiger partial charge in [-0.15, -0.1) is 0 Å². The van der Waals surface area contributed by atoms with Crippen LogP contribution in [0.5, 0.6) is 0 Å². The van der Waals surface area contributed by atoms with Gasteiger partial charge in [-0.05, 0) is 31.2 Å². The Balaban J connectivity index is 1.50. The topological polar surface area (TPSA) is 75.4 Å². The number of hydrogen-bond donors (Lipinski definition) is 1. The summed E-state index contributed by atoms with van der Waals surface area (Å²) >= 11 is 0. The van der Waals surface area contributed by atoms with Crippen molar-refractivity contribution in [2.75, 3.05) is 0 Å². The quantitative estimate of drug-likeness (QED) is 0.703. The summed E-state index contributed by atoms with van der Waals surface area (Å²) in [6.45, 7) is 2.00. The van der Waals surface area contributed by atoms with Crippen LogP contribution in [0.25, 0.3) is 11.3 Å². The maximum absolute atomic E-state index is 13.6. The molecule has 2 aliphatic rings. The van der Waals surface area contributed by atoms with E-state index in [1.165, 1.54) is 45.4 Å². The standard InChI is InChI=1S/C25H33N3O3/c1-18(29)26-17-19-12-14-20(15-13-19)24-16-23(27-31-24)25(30)28(21-8-4-2-5-9-21)22-10-6-3-7-11-22/h12-16,21-22H,2-11,17H2,1H3,(H,26,29). The Kier molecular flexibility index (Phi) is 7.05. The monoisotopic (exact) mass is 423 g/mol. The molecular formula is C25H33N3O3. The molecule has 2 fully saturated rings. The molecule has 166 valence electrons. The van der Waals surface area contributed by atoms with Crippen LogP contribution in [0.3, 0.4) is 0 Å². The van der Waals surface area contributed by atoms with Crippen LogP contribution in [-0.2, 0) is 11.3 Å². The molecule has 0 saturated heterocycles. The van der Waals surface area contributed by atoms with Gasteiger partial charge in [-0.3, -0.25) is 9.59 Å². The van der Waals surface area contributed by atoms with E-state index >= 15 is 0 Å². The van der Waals surface area contributed by atoms with Crippen LogP contribution < -0.4 is 5.32 Å². The van der Waals surface area contributed by atoms with Crippen molar-refractivity contribution in [3.05, 3.63) is 41.6 Å². The van der Waals surface area contributed by atoms with E-state index in [0.717, 1.165) is 36.8 Å². The highest BCUT2D eigenvalue weighted by Crippen LogP contribution is 2.32. The molecule has 0 bridgehead atoms. The Hall–Kier alpha value is -2.63. The first-order valence-electron chi connectivity index (χ1n) is 11.7. The molecule has 0 atom stereocenters. The molecule has 0 unspecified atom stereocenters. The zero-order chi connectivity index (χ0) is 21.6. The molecule has 2 aliphatic carbocycles. The number of rotatable bonds is 6. The van der Waals surface area contributed by atoms with Gasteiger partial charge in [0.1, 0.15) is 0 Å². The van der Waals surface area contributed by atoms with E-state index in [2.05, 4.69) is 15.4 Å². The molecule has 1 N–H and O–H groups in total. The Morgan fingerprint density at radius 1 is 0.968 bits per heavy atom. The first kappa shape index (κ1) is 21.6. The Morgan fingerprint density at radius 3 is 2.10 bits per heavy atom. The molecule has 2 aromatic rings. The third kappa shape index (κ3) is 5.35. The maximum atomic E-state index is 13.6. The van der Waals surface area contributed by atoms with E-state index in [-0.39, 0.29) is 11.8 Å². The number of nitrogens with zero attached hydrogens (tertiary/aromatic N) is 2. The minimum absolute atomic E-state index is 0.0241. The third-order valence-corrected chi connectivity index (χ3v) is 6.68. The first-order chi connectivity index (χ1) is 15.1. The van der Waals surface area contributed by atoms with Crippen molar-refractivity contribution in [3.63, 3.8) is 0 Å². The van der Waals surface area contributed by atoms with Crippen molar-refractivity contribution in [2.24, 2.45) is 0 Å². The second-order valence-electron chi connectivity index (χ2n) is 8.98. The molecule has 6 nitrogen and oxygen atoms in total. The molecule has 1 aromatic heterocycles. The number of carbonyl (C=O) groups is 2. The molecule has 31 heavy (non-hydrogen) atoms. The van der Waals surface area contributed by atoms with Gasteiger partial charge in [0, 0.05) is 37.2 Å². The SMILES string of the molecule is CC(=O)NCc1ccc(-c2cc(C(=O)N(C3CCCCC3)C3CCCCC3)no2)cc1. The fraction of sp³-hybridized carbons (Fsp3) is 0.560. The Morgan fingerprint density at radius 2 is 1.55 bits per heavy atom. The summed E-state index contributed by atoms with van der Waals surface area (Å²) in [5.74, 6) is 0.570. The maximum Gasteiger partial charge on any atom is 0.276 e. The lowest BCUT2D eigenvalue weighted by atomic mass is 9.88. The number of nitrogens with one attached hydrogen (secondary N) is 1. The largest absolute Gasteiger partial charge is 0.355 e. The molecular weight excluding hydrogens is 390 g/mol. The zero-order valence-corrected chi connectivity index (χ0v) is 18.4. The van der Waals surface area contributed by atoms with Crippen molar-refractivity contribution in [1.29, 1.82) is 0 Å². The highest BCUT2D eigenvalue weighted by atomic mass is 16.5. The molecule has 2 saturated carbocycles. The van der Waals surface area contributed by atoms with E-state index in [0.29, 0.717) is 30.1 Å². The van der Waals surface area contributed by atoms with Gasteiger partial charge >= 0.3 is 0 Å². The molecule has 0 spiro atoms. The summed E-state index contributed by atoms with van der Waals surface area (Å²) < 4.78 is 5.57. The van der Waals surface area contributed by atoms with E-state index in [1.807, 2.05) is 24.3 Å². The van der Waals surface area contributed by atoms with Crippen LogP contribution in [0.15, 0.2) is 34.9 Å². The number of aromatic nitrogens is 1. The van der Waals surface area contributed by atoms with Gasteiger partial charge in [0.25, 0.3) is 5.91 Å². The summed E-state index contributed by atoms with van der Waals surface area (Å²) in [5, 5.41) is 6.95. The van der Waals surface area contributed by atoms with Gasteiger partial charge in [-0.1, -0.05) is 67.9 Å². The number of carbonyl (C=O) groups excluding carboxylic acids is 2. The van der Waals surface area contributed by atoms with Gasteiger partial charge < -0.3 is 14.7 Å². The van der Waals surface area contributed by atoms with Crippen LogP contribution in [0.2, 0.25) is 0 Å². The third-order valence-electron chi connectivity index (χ3n) is 6.68. The summed E-state index contributed by atoms with van der Waals surface area (Å²) in [5.41, 5.74) is 2.30. The number of benzene rings is 1. The lowest BCUT2D eigenvalue weighted by Gasteiger charge is -2.41. The summed E-state index contributed by atoms with van der Waals surface area (Å²) in [6, 6.07) is 10.2. The number of amides is 2. The average molecular weight is 424 g/mol. The van der Waals surface area contributed by atoms with E-state index in [9.17, 15) is 9.59 Å². The van der Waals surface area contributed by atoms with Gasteiger partial charge in [0.2, 0.25) is 5.91 Å². The highest BCUT2D eigenvalue weighted by Gasteiger charge is 2.34. The van der Waals surface area contributed by atoms with Gasteiger partial charge in [-0.25, -0.2) is 0 Å². The van der Waals surface area contributed by atoms with Gasteiger partial charge in [0.15, 0.2) is 11.5 Å². The van der Waals surface area contributed by atoms with Crippen molar-refractivity contribution >= 4 is 11.8 Å². The predicted molar refractivity (Wildman–Crippen MR) is 119 cm³/mol. The minimum atomic E-state index is -0.0528. The zero-order valence-electron chi connectivity index (χ0n) is 18.4. The van der Waals surface area contributed by atoms with E-state index in [1.54, 1.807) is 6.07 Å². The summed E-state index contributed by atoms with van der Waals surface area (Å²) in [7, 11) is 0. The molecule has 1 heterocycles. The van der Waals surface area contributed by atoms with E-state index < -0.39 is 0 Å². The lowest BCUT2D eigenvalue weighted by molar-refractivity contribution is -0.119. The van der Waals surface area contributed by atoms with Crippen LogP contribution in [0, 0.1) is 0 Å². The lowest BCUT2D eigenvalue weighted by Crippen LogP contribution is -2.48. The fourth-order valence-corrected chi connectivity index (χ4v) is 5.01. The molecule has 6 heteroatoms. The predicted octanol–water partition coefficient (Wildman–Crippen LogP) is 5.09. The summed E-state index contributed by atoms with van der Waals surface area (Å²) in [4.78, 5) is 26.8. The van der Waals surface area contributed by atoms with Crippen LogP contribution in [-0.4, -0.2) is 34.0 Å². The normalized spacial score (nSPS) is 18.0. The Bertz CT molecular complexity index is 860. The second-order valence-corrected chi connectivity index (χ2v) is 8.98. The van der Waals surface area contributed by atoms with Gasteiger partial charge in [0.05, 0.1) is 0 Å².